The first-order valence-electron chi connectivity index (χ1n) is 9.35. The molecule has 1 aromatic carbocycles. The van der Waals surface area contributed by atoms with Crippen molar-refractivity contribution in [2.45, 2.75) is 38.4 Å². The van der Waals surface area contributed by atoms with Gasteiger partial charge in [-0.15, -0.1) is 0 Å². The molecule has 0 spiro atoms. The minimum absolute atomic E-state index is 0.562. The third kappa shape index (κ3) is 3.99. The van der Waals surface area contributed by atoms with Crippen molar-refractivity contribution in [3.05, 3.63) is 54.0 Å². The fourth-order valence-corrected chi connectivity index (χ4v) is 4.43. The van der Waals surface area contributed by atoms with E-state index in [1.807, 2.05) is 0 Å². The lowest BCUT2D eigenvalue weighted by Gasteiger charge is -2.47. The molecule has 2 saturated heterocycles. The number of fused-ring (bicyclic) bond motifs is 1. The highest BCUT2D eigenvalue weighted by atomic mass is 15.2. The molecule has 4 rings (SSSR count). The van der Waals surface area contributed by atoms with Gasteiger partial charge < -0.3 is 5.73 Å². The van der Waals surface area contributed by atoms with E-state index in [9.17, 15) is 0 Å². The van der Waals surface area contributed by atoms with Crippen LogP contribution in [0.1, 0.15) is 30.7 Å². The zero-order valence-electron chi connectivity index (χ0n) is 14.7. The summed E-state index contributed by atoms with van der Waals surface area (Å²) >= 11 is 0. The van der Waals surface area contributed by atoms with Crippen molar-refractivity contribution >= 4 is 5.82 Å². The minimum Gasteiger partial charge on any atom is -0.384 e. The second-order valence-electron chi connectivity index (χ2n) is 7.35. The molecule has 2 N–H and O–H groups in total. The molecule has 0 bridgehead atoms. The molecule has 2 aliphatic heterocycles. The molecule has 5 heteroatoms. The molecule has 0 aliphatic carbocycles. The molecule has 0 amide bonds. The van der Waals surface area contributed by atoms with Gasteiger partial charge in [0.15, 0.2) is 0 Å². The minimum atomic E-state index is 0.562. The first kappa shape index (κ1) is 16.5. The summed E-state index contributed by atoms with van der Waals surface area (Å²) in [6, 6.07) is 13.3. The number of hydrogen-bond acceptors (Lipinski definition) is 5. The summed E-state index contributed by atoms with van der Waals surface area (Å²) in [5, 5.41) is 0. The summed E-state index contributed by atoms with van der Waals surface area (Å²) in [5.74, 6) is 2.16. The maximum atomic E-state index is 5.79. The second kappa shape index (κ2) is 7.50. The first-order valence-corrected chi connectivity index (χ1v) is 9.35. The fourth-order valence-electron chi connectivity index (χ4n) is 4.43. The Morgan fingerprint density at radius 2 is 1.92 bits per heavy atom. The fraction of sp³-hybridized carbons (Fsp3) is 0.500. The maximum Gasteiger partial charge on any atom is 0.144 e. The van der Waals surface area contributed by atoms with E-state index in [2.05, 4.69) is 50.1 Å². The number of anilines is 1. The van der Waals surface area contributed by atoms with E-state index in [1.165, 1.54) is 31.4 Å². The molecular formula is C20H27N5. The zero-order chi connectivity index (χ0) is 17.1. The van der Waals surface area contributed by atoms with Crippen LogP contribution in [0.5, 0.6) is 0 Å². The molecule has 1 aromatic heterocycles. The molecule has 2 fully saturated rings. The predicted molar refractivity (Wildman–Crippen MR) is 99.7 cm³/mol. The standard InChI is InChI=1S/C20H27N5/c21-19-8-10-22-20(23-19)15-24-12-9-18-17(14-24)7-4-11-25(18)13-16-5-2-1-3-6-16/h1-3,5-6,8,10,17-18H,4,7,9,11-15H2,(H2,21,22,23)/t17-,18-/m1/s1. The van der Waals surface area contributed by atoms with Gasteiger partial charge in [0.25, 0.3) is 0 Å². The van der Waals surface area contributed by atoms with Gasteiger partial charge in [0.05, 0.1) is 6.54 Å². The van der Waals surface area contributed by atoms with Gasteiger partial charge in [-0.25, -0.2) is 9.97 Å². The molecule has 2 atom stereocenters. The first-order chi connectivity index (χ1) is 12.3. The van der Waals surface area contributed by atoms with Crippen molar-refractivity contribution in [2.75, 3.05) is 25.4 Å². The SMILES string of the molecule is Nc1ccnc(CN2CC[C@@H]3[C@H](CCCN3Cc3ccccc3)C2)n1. The molecule has 0 unspecified atom stereocenters. The van der Waals surface area contributed by atoms with E-state index >= 15 is 0 Å². The number of nitrogens with zero attached hydrogens (tertiary/aromatic N) is 4. The molecule has 132 valence electrons. The van der Waals surface area contributed by atoms with E-state index in [0.717, 1.165) is 37.9 Å². The Morgan fingerprint density at radius 1 is 1.04 bits per heavy atom. The van der Waals surface area contributed by atoms with E-state index < -0.39 is 0 Å². The molecule has 0 saturated carbocycles. The average molecular weight is 337 g/mol. The van der Waals surface area contributed by atoms with E-state index in [4.69, 9.17) is 5.73 Å². The van der Waals surface area contributed by atoms with Gasteiger partial charge in [-0.3, -0.25) is 9.80 Å². The second-order valence-corrected chi connectivity index (χ2v) is 7.35. The van der Waals surface area contributed by atoms with Crippen molar-refractivity contribution in [1.82, 2.24) is 19.8 Å². The lowest BCUT2D eigenvalue weighted by atomic mass is 9.83. The van der Waals surface area contributed by atoms with Crippen molar-refractivity contribution in [2.24, 2.45) is 5.92 Å². The molecular weight excluding hydrogens is 310 g/mol. The van der Waals surface area contributed by atoms with Crippen molar-refractivity contribution in [3.63, 3.8) is 0 Å². The van der Waals surface area contributed by atoms with Crippen LogP contribution in [-0.2, 0) is 13.1 Å². The Labute approximate surface area is 149 Å². The van der Waals surface area contributed by atoms with Crippen molar-refractivity contribution < 1.29 is 0 Å². The molecule has 2 aromatic rings. The van der Waals surface area contributed by atoms with Gasteiger partial charge >= 0.3 is 0 Å². The summed E-state index contributed by atoms with van der Waals surface area (Å²) < 4.78 is 0. The molecule has 25 heavy (non-hydrogen) atoms. The van der Waals surface area contributed by atoms with Crippen LogP contribution in [0.2, 0.25) is 0 Å². The normalized spacial score (nSPS) is 24.8. The number of likely N-dealkylation sites (tertiary alicyclic amines) is 2. The molecule has 5 nitrogen and oxygen atoms in total. The summed E-state index contributed by atoms with van der Waals surface area (Å²) in [7, 11) is 0. The van der Waals surface area contributed by atoms with E-state index in [0.29, 0.717) is 11.9 Å². The largest absolute Gasteiger partial charge is 0.384 e. The van der Waals surface area contributed by atoms with Gasteiger partial charge in [0.1, 0.15) is 11.6 Å². The van der Waals surface area contributed by atoms with Gasteiger partial charge in [-0.2, -0.15) is 0 Å². The van der Waals surface area contributed by atoms with Crippen LogP contribution < -0.4 is 5.73 Å². The Morgan fingerprint density at radius 3 is 2.76 bits per heavy atom. The van der Waals surface area contributed by atoms with Crippen LogP contribution in [-0.4, -0.2) is 45.4 Å². The topological polar surface area (TPSA) is 58.3 Å². The van der Waals surface area contributed by atoms with Gasteiger partial charge in [-0.1, -0.05) is 30.3 Å². The van der Waals surface area contributed by atoms with Crippen LogP contribution in [0.15, 0.2) is 42.6 Å². The number of aromatic nitrogens is 2. The molecule has 0 radical (unpaired) electrons. The summed E-state index contributed by atoms with van der Waals surface area (Å²) in [4.78, 5) is 13.9. The van der Waals surface area contributed by atoms with Gasteiger partial charge in [0.2, 0.25) is 0 Å². The van der Waals surface area contributed by atoms with E-state index in [-0.39, 0.29) is 0 Å². The Kier molecular flexibility index (Phi) is 4.95. The average Bonchev–Trinajstić information content (AvgIpc) is 2.63. The smallest absolute Gasteiger partial charge is 0.144 e. The Hall–Kier alpha value is -1.98. The Bertz CT molecular complexity index is 689. The Balaban J connectivity index is 1.38. The highest BCUT2D eigenvalue weighted by Gasteiger charge is 2.35. The number of rotatable bonds is 4. The van der Waals surface area contributed by atoms with Crippen LogP contribution in [0.4, 0.5) is 5.82 Å². The number of benzene rings is 1. The third-order valence-corrected chi connectivity index (χ3v) is 5.59. The van der Waals surface area contributed by atoms with Gasteiger partial charge in [0, 0.05) is 31.9 Å². The van der Waals surface area contributed by atoms with Crippen LogP contribution in [0.3, 0.4) is 0 Å². The van der Waals surface area contributed by atoms with Crippen LogP contribution in [0, 0.1) is 5.92 Å². The summed E-state index contributed by atoms with van der Waals surface area (Å²) in [6.07, 6.45) is 5.63. The lowest BCUT2D eigenvalue weighted by Crippen LogP contribution is -2.53. The molecule has 2 aliphatic rings. The molecule has 3 heterocycles. The number of hydrogen-bond donors (Lipinski definition) is 1. The van der Waals surface area contributed by atoms with Crippen molar-refractivity contribution in [1.29, 1.82) is 0 Å². The summed E-state index contributed by atoms with van der Waals surface area (Å²) in [5.41, 5.74) is 7.21. The van der Waals surface area contributed by atoms with E-state index in [1.54, 1.807) is 12.3 Å². The number of nitrogen functional groups attached to an aromatic ring is 1. The highest BCUT2D eigenvalue weighted by Crippen LogP contribution is 2.32. The monoisotopic (exact) mass is 337 g/mol. The lowest BCUT2D eigenvalue weighted by molar-refractivity contribution is 0.0148. The number of nitrogens with two attached hydrogens (primary N) is 1. The predicted octanol–water partition coefficient (Wildman–Crippen LogP) is 2.55. The quantitative estimate of drug-likeness (QED) is 0.929. The van der Waals surface area contributed by atoms with Crippen LogP contribution in [0.25, 0.3) is 0 Å². The third-order valence-electron chi connectivity index (χ3n) is 5.59. The highest BCUT2D eigenvalue weighted by molar-refractivity contribution is 5.25. The maximum absolute atomic E-state index is 5.79. The summed E-state index contributed by atoms with van der Waals surface area (Å²) in [6.45, 7) is 5.39. The zero-order valence-corrected chi connectivity index (χ0v) is 14.7. The number of piperidine rings is 2. The van der Waals surface area contributed by atoms with Gasteiger partial charge in [-0.05, 0) is 43.4 Å². The van der Waals surface area contributed by atoms with Crippen LogP contribution >= 0.6 is 0 Å². The van der Waals surface area contributed by atoms with Crippen molar-refractivity contribution in [3.8, 4) is 0 Å².